The van der Waals surface area contributed by atoms with Crippen molar-refractivity contribution in [3.05, 3.63) is 11.6 Å². The molecule has 4 amide bonds. The van der Waals surface area contributed by atoms with E-state index < -0.39 is 23.6 Å². The summed E-state index contributed by atoms with van der Waals surface area (Å²) in [6.07, 6.45) is 0.935. The molecule has 0 aromatic heterocycles. The number of nitrogens with zero attached hydrogens (tertiary/aromatic N) is 2. The SMILES string of the molecule is CC(=O)C=C1C(=O)N(C)C(=O)N(C)C1=O. The van der Waals surface area contributed by atoms with Crippen LogP contribution in [-0.4, -0.2) is 47.5 Å². The number of ketones is 1. The predicted molar refractivity (Wildman–Crippen MR) is 49.7 cm³/mol. The molecule has 1 aliphatic rings. The van der Waals surface area contributed by atoms with Gasteiger partial charge < -0.3 is 0 Å². The number of barbiturate groups is 1. The van der Waals surface area contributed by atoms with Crippen LogP contribution in [0.15, 0.2) is 11.6 Å². The highest BCUT2D eigenvalue weighted by Gasteiger charge is 2.37. The summed E-state index contributed by atoms with van der Waals surface area (Å²) in [6.45, 7) is 1.23. The fourth-order valence-corrected chi connectivity index (χ4v) is 1.18. The van der Waals surface area contributed by atoms with Gasteiger partial charge >= 0.3 is 6.03 Å². The van der Waals surface area contributed by atoms with E-state index in [2.05, 4.69) is 0 Å². The van der Waals surface area contributed by atoms with Gasteiger partial charge in [0.2, 0.25) is 0 Å². The number of carbonyl (C=O) groups is 4. The van der Waals surface area contributed by atoms with Crippen LogP contribution in [0.5, 0.6) is 0 Å². The molecule has 0 aliphatic carbocycles. The van der Waals surface area contributed by atoms with E-state index in [0.717, 1.165) is 15.9 Å². The molecule has 1 heterocycles. The van der Waals surface area contributed by atoms with Gasteiger partial charge in [-0.05, 0) is 13.0 Å². The van der Waals surface area contributed by atoms with Crippen molar-refractivity contribution in [3.8, 4) is 0 Å². The Morgan fingerprint density at radius 1 is 1.07 bits per heavy atom. The van der Waals surface area contributed by atoms with Crippen LogP contribution in [0.4, 0.5) is 4.79 Å². The predicted octanol–water partition coefficient (Wildman–Crippen LogP) is -0.448. The van der Waals surface area contributed by atoms with Gasteiger partial charge in [-0.25, -0.2) is 4.79 Å². The summed E-state index contributed by atoms with van der Waals surface area (Å²) >= 11 is 0. The Morgan fingerprint density at radius 2 is 1.47 bits per heavy atom. The molecule has 0 N–H and O–H groups in total. The Bertz CT molecular complexity index is 371. The molecule has 0 radical (unpaired) electrons. The van der Waals surface area contributed by atoms with Crippen molar-refractivity contribution in [3.63, 3.8) is 0 Å². The summed E-state index contributed by atoms with van der Waals surface area (Å²) in [7, 11) is 2.50. The van der Waals surface area contributed by atoms with Crippen molar-refractivity contribution in [1.29, 1.82) is 0 Å². The molecule has 0 spiro atoms. The first-order chi connectivity index (χ1) is 6.86. The third-order valence-electron chi connectivity index (χ3n) is 1.99. The lowest BCUT2D eigenvalue weighted by Gasteiger charge is -2.28. The van der Waals surface area contributed by atoms with E-state index in [1.165, 1.54) is 21.0 Å². The zero-order chi connectivity index (χ0) is 11.7. The fourth-order valence-electron chi connectivity index (χ4n) is 1.18. The monoisotopic (exact) mass is 210 g/mol. The van der Waals surface area contributed by atoms with Crippen LogP contribution in [0.3, 0.4) is 0 Å². The maximum absolute atomic E-state index is 11.5. The smallest absolute Gasteiger partial charge is 0.295 e. The van der Waals surface area contributed by atoms with Crippen LogP contribution < -0.4 is 0 Å². The van der Waals surface area contributed by atoms with E-state index in [-0.39, 0.29) is 5.57 Å². The van der Waals surface area contributed by atoms with Crippen LogP contribution in [0, 0.1) is 0 Å². The Hall–Kier alpha value is -1.98. The highest BCUT2D eigenvalue weighted by atomic mass is 16.2. The minimum Gasteiger partial charge on any atom is -0.295 e. The molecule has 0 aromatic rings. The molecule has 0 atom stereocenters. The average Bonchev–Trinajstić information content (AvgIpc) is 2.18. The molecule has 15 heavy (non-hydrogen) atoms. The topological polar surface area (TPSA) is 74.8 Å². The van der Waals surface area contributed by atoms with E-state index >= 15 is 0 Å². The van der Waals surface area contributed by atoms with Gasteiger partial charge in [-0.3, -0.25) is 24.2 Å². The molecule has 1 rings (SSSR count). The Morgan fingerprint density at radius 3 is 1.80 bits per heavy atom. The number of hydrogen-bond donors (Lipinski definition) is 0. The van der Waals surface area contributed by atoms with Gasteiger partial charge in [0.05, 0.1) is 0 Å². The maximum atomic E-state index is 11.5. The van der Waals surface area contributed by atoms with Crippen LogP contribution in [-0.2, 0) is 14.4 Å². The van der Waals surface area contributed by atoms with Crippen molar-refractivity contribution < 1.29 is 19.2 Å². The van der Waals surface area contributed by atoms with Crippen molar-refractivity contribution in [2.75, 3.05) is 14.1 Å². The molecule has 1 aliphatic heterocycles. The molecule has 1 fully saturated rings. The summed E-state index contributed by atoms with van der Waals surface area (Å²) in [5, 5.41) is 0. The summed E-state index contributed by atoms with van der Waals surface area (Å²) in [5.74, 6) is -1.92. The van der Waals surface area contributed by atoms with Gasteiger partial charge in [0.15, 0.2) is 5.78 Å². The van der Waals surface area contributed by atoms with Gasteiger partial charge in [-0.1, -0.05) is 0 Å². The summed E-state index contributed by atoms with van der Waals surface area (Å²) < 4.78 is 0. The molecule has 0 unspecified atom stereocenters. The normalized spacial score (nSPS) is 17.3. The van der Waals surface area contributed by atoms with Crippen molar-refractivity contribution in [2.45, 2.75) is 6.92 Å². The number of imide groups is 2. The van der Waals surface area contributed by atoms with E-state index in [4.69, 9.17) is 0 Å². The third kappa shape index (κ3) is 1.78. The zero-order valence-corrected chi connectivity index (χ0v) is 8.60. The number of likely N-dealkylation sites (N-methyl/N-ethyl adjacent to an activating group) is 2. The number of carbonyl (C=O) groups excluding carboxylic acids is 4. The zero-order valence-electron chi connectivity index (χ0n) is 8.60. The Kier molecular flexibility index (Phi) is 2.69. The first kappa shape index (κ1) is 11.1. The first-order valence-corrected chi connectivity index (χ1v) is 4.18. The molecular weight excluding hydrogens is 200 g/mol. The minimum absolute atomic E-state index is 0.285. The highest BCUT2D eigenvalue weighted by Crippen LogP contribution is 2.13. The number of amides is 4. The fraction of sp³-hybridized carbons (Fsp3) is 0.333. The minimum atomic E-state index is -0.752. The van der Waals surface area contributed by atoms with Gasteiger partial charge in [-0.2, -0.15) is 0 Å². The number of rotatable bonds is 1. The summed E-state index contributed by atoms with van der Waals surface area (Å²) in [5.41, 5.74) is -0.285. The standard InChI is InChI=1S/C9H10N2O4/c1-5(12)4-6-7(13)10(2)9(15)11(3)8(6)14/h4H,1-3H3. The molecule has 0 bridgehead atoms. The van der Waals surface area contributed by atoms with Crippen LogP contribution in [0.1, 0.15) is 6.92 Å². The van der Waals surface area contributed by atoms with E-state index in [9.17, 15) is 19.2 Å². The average molecular weight is 210 g/mol. The molecule has 0 saturated carbocycles. The second kappa shape index (κ2) is 3.64. The van der Waals surface area contributed by atoms with Gasteiger partial charge in [-0.15, -0.1) is 0 Å². The Balaban J connectivity index is 3.19. The lowest BCUT2D eigenvalue weighted by atomic mass is 10.1. The molecule has 80 valence electrons. The lowest BCUT2D eigenvalue weighted by Crippen LogP contribution is -2.53. The van der Waals surface area contributed by atoms with Crippen LogP contribution in [0.2, 0.25) is 0 Å². The second-order valence-electron chi connectivity index (χ2n) is 3.18. The first-order valence-electron chi connectivity index (χ1n) is 4.18. The number of allylic oxidation sites excluding steroid dienone is 1. The maximum Gasteiger partial charge on any atom is 0.333 e. The molecular formula is C9H10N2O4. The van der Waals surface area contributed by atoms with E-state index in [1.54, 1.807) is 0 Å². The summed E-state index contributed by atoms with van der Waals surface area (Å²) in [6, 6.07) is -0.703. The van der Waals surface area contributed by atoms with Crippen molar-refractivity contribution in [1.82, 2.24) is 9.80 Å². The highest BCUT2D eigenvalue weighted by molar-refractivity contribution is 6.30. The van der Waals surface area contributed by atoms with Crippen LogP contribution >= 0.6 is 0 Å². The van der Waals surface area contributed by atoms with Gasteiger partial charge in [0, 0.05) is 14.1 Å². The lowest BCUT2D eigenvalue weighted by molar-refractivity contribution is -0.134. The van der Waals surface area contributed by atoms with E-state index in [0.29, 0.717) is 0 Å². The van der Waals surface area contributed by atoms with Crippen molar-refractivity contribution in [2.24, 2.45) is 0 Å². The van der Waals surface area contributed by atoms with E-state index in [1.807, 2.05) is 0 Å². The Labute approximate surface area is 86.1 Å². The second-order valence-corrected chi connectivity index (χ2v) is 3.18. The quantitative estimate of drug-likeness (QED) is 0.434. The number of urea groups is 1. The van der Waals surface area contributed by atoms with Gasteiger partial charge in [0.1, 0.15) is 5.57 Å². The molecule has 6 nitrogen and oxygen atoms in total. The van der Waals surface area contributed by atoms with Crippen LogP contribution in [0.25, 0.3) is 0 Å². The third-order valence-corrected chi connectivity index (χ3v) is 1.99. The molecule has 0 aromatic carbocycles. The van der Waals surface area contributed by atoms with Crippen molar-refractivity contribution >= 4 is 23.6 Å². The summed E-state index contributed by atoms with van der Waals surface area (Å²) in [4.78, 5) is 46.6. The van der Waals surface area contributed by atoms with Gasteiger partial charge in [0.25, 0.3) is 11.8 Å². The molecule has 1 saturated heterocycles. The molecule has 6 heteroatoms. The largest absolute Gasteiger partial charge is 0.333 e. The number of hydrogen-bond acceptors (Lipinski definition) is 4.